The second-order valence-corrected chi connectivity index (χ2v) is 3.80. The van der Waals surface area contributed by atoms with E-state index in [2.05, 4.69) is 21.0 Å². The molecule has 0 unspecified atom stereocenters. The van der Waals surface area contributed by atoms with E-state index in [-0.39, 0.29) is 0 Å². The molecule has 4 N–H and O–H groups in total. The maximum atomic E-state index is 5.73. The third-order valence-electron chi connectivity index (χ3n) is 1.81. The number of halogens is 1. The minimum Gasteiger partial charge on any atom is -0.384 e. The predicted molar refractivity (Wildman–Crippen MR) is 60.1 cm³/mol. The normalized spacial score (nSPS) is 10.4. The summed E-state index contributed by atoms with van der Waals surface area (Å²) >= 11 is 3.38. The van der Waals surface area contributed by atoms with Crippen molar-refractivity contribution in [3.05, 3.63) is 34.8 Å². The Bertz CT molecular complexity index is 464. The first kappa shape index (κ1) is 9.08. The van der Waals surface area contributed by atoms with Crippen LogP contribution in [-0.2, 0) is 0 Å². The van der Waals surface area contributed by atoms with Crippen molar-refractivity contribution < 1.29 is 0 Å². The van der Waals surface area contributed by atoms with Gasteiger partial charge < -0.3 is 11.5 Å². The highest BCUT2D eigenvalue weighted by atomic mass is 79.9. The van der Waals surface area contributed by atoms with Crippen LogP contribution in [0.15, 0.2) is 34.8 Å². The molecule has 0 amide bonds. The summed E-state index contributed by atoms with van der Waals surface area (Å²) in [6.45, 7) is 0. The Morgan fingerprint density at radius 3 is 2.57 bits per heavy atom. The fourth-order valence-corrected chi connectivity index (χ4v) is 1.62. The molecule has 0 saturated heterocycles. The molecule has 0 saturated carbocycles. The van der Waals surface area contributed by atoms with E-state index in [9.17, 15) is 0 Å². The first-order chi connectivity index (χ1) is 6.66. The second kappa shape index (κ2) is 3.34. The van der Waals surface area contributed by atoms with Crippen LogP contribution in [0.25, 0.3) is 5.69 Å². The predicted octanol–water partition coefficient (Wildman–Crippen LogP) is 1.80. The molecule has 2 rings (SSSR count). The van der Waals surface area contributed by atoms with E-state index in [1.807, 2.05) is 24.3 Å². The molecule has 1 heterocycles. The van der Waals surface area contributed by atoms with Crippen LogP contribution in [0.5, 0.6) is 0 Å². The monoisotopic (exact) mass is 252 g/mol. The van der Waals surface area contributed by atoms with Gasteiger partial charge in [0.25, 0.3) is 0 Å². The van der Waals surface area contributed by atoms with Gasteiger partial charge in [0, 0.05) is 10.5 Å². The summed E-state index contributed by atoms with van der Waals surface area (Å²) in [5.74, 6) is 0.947. The van der Waals surface area contributed by atoms with Gasteiger partial charge in [0.1, 0.15) is 11.6 Å². The lowest BCUT2D eigenvalue weighted by Gasteiger charge is -2.03. The van der Waals surface area contributed by atoms with Gasteiger partial charge in [-0.15, -0.1) is 5.10 Å². The molecule has 2 aromatic rings. The molecule has 1 aromatic carbocycles. The summed E-state index contributed by atoms with van der Waals surface area (Å²) in [5.41, 5.74) is 12.1. The standard InChI is InChI=1S/C9H9BrN4/c10-6-2-1-3-7(4-6)14-9(12)5-8(11)13-14/h1-5H,12H2,(H2,11,13). The number of anilines is 2. The van der Waals surface area contributed by atoms with Crippen molar-refractivity contribution in [1.82, 2.24) is 9.78 Å². The molecule has 0 fully saturated rings. The highest BCUT2D eigenvalue weighted by molar-refractivity contribution is 9.10. The van der Waals surface area contributed by atoms with Gasteiger partial charge >= 0.3 is 0 Å². The van der Waals surface area contributed by atoms with Crippen LogP contribution < -0.4 is 11.5 Å². The van der Waals surface area contributed by atoms with Crippen LogP contribution in [0.4, 0.5) is 11.6 Å². The van der Waals surface area contributed by atoms with Crippen LogP contribution in [0.2, 0.25) is 0 Å². The highest BCUT2D eigenvalue weighted by Gasteiger charge is 2.04. The average molecular weight is 253 g/mol. The number of hydrogen-bond donors (Lipinski definition) is 2. The van der Waals surface area contributed by atoms with E-state index in [0.717, 1.165) is 10.2 Å². The molecule has 0 bridgehead atoms. The molecule has 5 heteroatoms. The largest absolute Gasteiger partial charge is 0.384 e. The SMILES string of the molecule is Nc1cc(N)n(-c2cccc(Br)c2)n1. The van der Waals surface area contributed by atoms with E-state index in [0.29, 0.717) is 11.6 Å². The maximum Gasteiger partial charge on any atom is 0.148 e. The van der Waals surface area contributed by atoms with E-state index < -0.39 is 0 Å². The molecular weight excluding hydrogens is 244 g/mol. The first-order valence-electron chi connectivity index (χ1n) is 4.04. The van der Waals surface area contributed by atoms with Gasteiger partial charge in [-0.2, -0.15) is 0 Å². The quantitative estimate of drug-likeness (QED) is 0.814. The summed E-state index contributed by atoms with van der Waals surface area (Å²) in [7, 11) is 0. The summed E-state index contributed by atoms with van der Waals surface area (Å²) in [4.78, 5) is 0. The number of rotatable bonds is 1. The molecule has 0 aliphatic carbocycles. The van der Waals surface area contributed by atoms with Gasteiger partial charge in [-0.05, 0) is 18.2 Å². The number of nitrogens with zero attached hydrogens (tertiary/aromatic N) is 2. The Balaban J connectivity index is 2.54. The minimum absolute atomic E-state index is 0.419. The molecular formula is C9H9BrN4. The molecule has 0 spiro atoms. The van der Waals surface area contributed by atoms with Gasteiger partial charge in [0.15, 0.2) is 0 Å². The van der Waals surface area contributed by atoms with Crippen molar-refractivity contribution in [2.45, 2.75) is 0 Å². The third kappa shape index (κ3) is 1.58. The van der Waals surface area contributed by atoms with Crippen molar-refractivity contribution in [2.24, 2.45) is 0 Å². The number of benzene rings is 1. The zero-order chi connectivity index (χ0) is 10.1. The number of nitrogens with two attached hydrogens (primary N) is 2. The Hall–Kier alpha value is -1.49. The molecule has 0 radical (unpaired) electrons. The van der Waals surface area contributed by atoms with Crippen molar-refractivity contribution in [3.8, 4) is 5.69 Å². The number of nitrogen functional groups attached to an aromatic ring is 2. The lowest BCUT2D eigenvalue weighted by molar-refractivity contribution is 0.896. The summed E-state index contributed by atoms with van der Waals surface area (Å²) in [6.07, 6.45) is 0. The van der Waals surface area contributed by atoms with Crippen molar-refractivity contribution >= 4 is 27.6 Å². The Kier molecular flexibility index (Phi) is 2.17. The van der Waals surface area contributed by atoms with Crippen LogP contribution in [0, 0.1) is 0 Å². The molecule has 0 aliphatic rings. The van der Waals surface area contributed by atoms with Gasteiger partial charge in [-0.25, -0.2) is 4.68 Å². The minimum atomic E-state index is 0.419. The average Bonchev–Trinajstić information content (AvgIpc) is 2.45. The molecule has 0 atom stereocenters. The fourth-order valence-electron chi connectivity index (χ4n) is 1.23. The lowest BCUT2D eigenvalue weighted by atomic mass is 10.3. The Morgan fingerprint density at radius 2 is 2.00 bits per heavy atom. The van der Waals surface area contributed by atoms with Crippen LogP contribution in [0.3, 0.4) is 0 Å². The smallest absolute Gasteiger partial charge is 0.148 e. The van der Waals surface area contributed by atoms with Crippen molar-refractivity contribution in [2.75, 3.05) is 11.5 Å². The van der Waals surface area contributed by atoms with Crippen LogP contribution >= 0.6 is 15.9 Å². The zero-order valence-corrected chi connectivity index (χ0v) is 8.90. The van der Waals surface area contributed by atoms with Crippen LogP contribution in [0.1, 0.15) is 0 Å². The first-order valence-corrected chi connectivity index (χ1v) is 4.83. The molecule has 72 valence electrons. The van der Waals surface area contributed by atoms with Gasteiger partial charge in [-0.1, -0.05) is 22.0 Å². The Labute approximate surface area is 89.6 Å². The number of aromatic nitrogens is 2. The van der Waals surface area contributed by atoms with E-state index in [1.54, 1.807) is 10.7 Å². The van der Waals surface area contributed by atoms with Crippen molar-refractivity contribution in [3.63, 3.8) is 0 Å². The highest BCUT2D eigenvalue weighted by Crippen LogP contribution is 2.18. The van der Waals surface area contributed by atoms with Gasteiger partial charge in [0.05, 0.1) is 5.69 Å². The summed E-state index contributed by atoms with van der Waals surface area (Å²) in [5, 5.41) is 4.07. The molecule has 4 nitrogen and oxygen atoms in total. The molecule has 0 aliphatic heterocycles. The van der Waals surface area contributed by atoms with Gasteiger partial charge in [0.2, 0.25) is 0 Å². The van der Waals surface area contributed by atoms with E-state index in [4.69, 9.17) is 11.5 Å². The molecule has 1 aromatic heterocycles. The zero-order valence-electron chi connectivity index (χ0n) is 7.31. The van der Waals surface area contributed by atoms with Crippen LogP contribution in [-0.4, -0.2) is 9.78 Å². The van der Waals surface area contributed by atoms with E-state index in [1.165, 1.54) is 0 Å². The third-order valence-corrected chi connectivity index (χ3v) is 2.30. The number of hydrogen-bond acceptors (Lipinski definition) is 3. The fraction of sp³-hybridized carbons (Fsp3) is 0. The summed E-state index contributed by atoms with van der Waals surface area (Å²) < 4.78 is 2.57. The topological polar surface area (TPSA) is 69.9 Å². The Morgan fingerprint density at radius 1 is 1.21 bits per heavy atom. The van der Waals surface area contributed by atoms with Gasteiger partial charge in [-0.3, -0.25) is 0 Å². The maximum absolute atomic E-state index is 5.73. The molecule has 14 heavy (non-hydrogen) atoms. The summed E-state index contributed by atoms with van der Waals surface area (Å²) in [6, 6.07) is 9.31. The lowest BCUT2D eigenvalue weighted by Crippen LogP contribution is -2.01. The van der Waals surface area contributed by atoms with Crippen molar-refractivity contribution in [1.29, 1.82) is 0 Å². The van der Waals surface area contributed by atoms with E-state index >= 15 is 0 Å². The second-order valence-electron chi connectivity index (χ2n) is 2.89.